The minimum Gasteiger partial charge on any atom is -0.476 e. The quantitative estimate of drug-likeness (QED) is 0.740. The topological polar surface area (TPSA) is 75.1 Å². The Kier molecular flexibility index (Phi) is 5.26. The van der Waals surface area contributed by atoms with Crippen LogP contribution < -0.4 is 5.32 Å². The van der Waals surface area contributed by atoms with E-state index in [4.69, 9.17) is 5.11 Å². The molecule has 0 radical (unpaired) electrons. The van der Waals surface area contributed by atoms with E-state index in [0.717, 1.165) is 11.5 Å². The molecule has 0 aromatic carbocycles. The second-order valence-corrected chi connectivity index (χ2v) is 4.21. The fourth-order valence-corrected chi connectivity index (χ4v) is 0.688. The summed E-state index contributed by atoms with van der Waals surface area (Å²) in [4.78, 5) is 9.97. The molecule has 0 amide bonds. The SMILES string of the molecule is CNC(C)(C)C.O=C(O)c1csnn1. The first-order valence-electron chi connectivity index (χ1n) is 4.06. The molecule has 0 aliphatic carbocycles. The lowest BCUT2D eigenvalue weighted by Gasteiger charge is -2.15. The molecule has 0 spiro atoms. The van der Waals surface area contributed by atoms with E-state index in [1.807, 2.05) is 7.05 Å². The molecule has 0 fully saturated rings. The van der Waals surface area contributed by atoms with Gasteiger partial charge in [0, 0.05) is 10.9 Å². The molecule has 0 saturated heterocycles. The Morgan fingerprint density at radius 1 is 1.57 bits per heavy atom. The number of nitrogens with zero attached hydrogens (tertiary/aromatic N) is 2. The Bertz CT molecular complexity index is 267. The summed E-state index contributed by atoms with van der Waals surface area (Å²) in [5, 5.41) is 15.9. The van der Waals surface area contributed by atoms with Gasteiger partial charge in [-0.15, -0.1) is 5.10 Å². The van der Waals surface area contributed by atoms with Gasteiger partial charge in [0.25, 0.3) is 0 Å². The highest BCUT2D eigenvalue weighted by molar-refractivity contribution is 7.03. The molecule has 0 atom stereocenters. The third-order valence-corrected chi connectivity index (χ3v) is 1.83. The summed E-state index contributed by atoms with van der Waals surface area (Å²) >= 11 is 1.03. The Labute approximate surface area is 87.3 Å². The van der Waals surface area contributed by atoms with Crippen molar-refractivity contribution in [2.45, 2.75) is 26.3 Å². The van der Waals surface area contributed by atoms with Crippen LogP contribution in [-0.4, -0.2) is 33.2 Å². The second kappa shape index (κ2) is 5.66. The summed E-state index contributed by atoms with van der Waals surface area (Å²) in [6.07, 6.45) is 0. The lowest BCUT2D eigenvalue weighted by atomic mass is 10.1. The number of hydrogen-bond acceptors (Lipinski definition) is 5. The molecule has 1 rings (SSSR count). The van der Waals surface area contributed by atoms with Crippen molar-refractivity contribution >= 4 is 17.5 Å². The molecule has 0 saturated carbocycles. The summed E-state index contributed by atoms with van der Waals surface area (Å²) in [5.41, 5.74) is 0.301. The Morgan fingerprint density at radius 2 is 2.07 bits per heavy atom. The molecule has 80 valence electrons. The normalized spacial score (nSPS) is 10.3. The first-order chi connectivity index (χ1) is 6.37. The van der Waals surface area contributed by atoms with Crippen LogP contribution in [0, 0.1) is 0 Å². The number of carboxylic acids is 1. The van der Waals surface area contributed by atoms with E-state index in [1.54, 1.807) is 0 Å². The average molecular weight is 217 g/mol. The van der Waals surface area contributed by atoms with E-state index in [-0.39, 0.29) is 5.69 Å². The second-order valence-electron chi connectivity index (χ2n) is 3.60. The molecule has 5 nitrogen and oxygen atoms in total. The van der Waals surface area contributed by atoms with Gasteiger partial charge < -0.3 is 10.4 Å². The Balaban J connectivity index is 0.000000255. The molecular weight excluding hydrogens is 202 g/mol. The molecular formula is C8H15N3O2S. The van der Waals surface area contributed by atoms with E-state index in [1.165, 1.54) is 5.38 Å². The average Bonchev–Trinajstić information content (AvgIpc) is 2.56. The van der Waals surface area contributed by atoms with Crippen LogP contribution in [0.3, 0.4) is 0 Å². The molecule has 1 aromatic rings. The van der Waals surface area contributed by atoms with Crippen molar-refractivity contribution in [1.82, 2.24) is 14.9 Å². The highest BCUT2D eigenvalue weighted by Crippen LogP contribution is 1.94. The zero-order valence-electron chi connectivity index (χ0n) is 8.74. The molecule has 0 aliphatic rings. The van der Waals surface area contributed by atoms with Gasteiger partial charge in [0.05, 0.1) is 0 Å². The predicted molar refractivity (Wildman–Crippen MR) is 55.7 cm³/mol. The van der Waals surface area contributed by atoms with Gasteiger partial charge in [-0.3, -0.25) is 0 Å². The Hall–Kier alpha value is -1.01. The van der Waals surface area contributed by atoms with Crippen molar-refractivity contribution in [1.29, 1.82) is 0 Å². The van der Waals surface area contributed by atoms with Gasteiger partial charge in [0.1, 0.15) is 0 Å². The molecule has 6 heteroatoms. The van der Waals surface area contributed by atoms with Crippen molar-refractivity contribution in [3.8, 4) is 0 Å². The lowest BCUT2D eigenvalue weighted by Crippen LogP contribution is -2.31. The van der Waals surface area contributed by atoms with Crippen LogP contribution in [0.1, 0.15) is 31.3 Å². The highest BCUT2D eigenvalue weighted by Gasteiger charge is 2.02. The minimum atomic E-state index is -1.03. The zero-order valence-corrected chi connectivity index (χ0v) is 9.55. The highest BCUT2D eigenvalue weighted by atomic mass is 32.1. The van der Waals surface area contributed by atoms with E-state index in [9.17, 15) is 4.79 Å². The lowest BCUT2D eigenvalue weighted by molar-refractivity contribution is 0.0690. The van der Waals surface area contributed by atoms with E-state index in [2.05, 4.69) is 35.7 Å². The van der Waals surface area contributed by atoms with Crippen molar-refractivity contribution in [3.05, 3.63) is 11.1 Å². The van der Waals surface area contributed by atoms with Crippen molar-refractivity contribution < 1.29 is 9.90 Å². The van der Waals surface area contributed by atoms with E-state index in [0.29, 0.717) is 5.54 Å². The maximum Gasteiger partial charge on any atom is 0.357 e. The number of rotatable bonds is 1. The number of hydrogen-bond donors (Lipinski definition) is 2. The van der Waals surface area contributed by atoms with Crippen molar-refractivity contribution in [2.24, 2.45) is 0 Å². The first-order valence-corrected chi connectivity index (χ1v) is 4.89. The summed E-state index contributed by atoms with van der Waals surface area (Å²) in [6, 6.07) is 0. The van der Waals surface area contributed by atoms with Gasteiger partial charge in [-0.1, -0.05) is 4.49 Å². The smallest absolute Gasteiger partial charge is 0.357 e. The summed E-state index contributed by atoms with van der Waals surface area (Å²) in [7, 11) is 1.96. The van der Waals surface area contributed by atoms with Crippen molar-refractivity contribution in [2.75, 3.05) is 7.05 Å². The molecule has 0 bridgehead atoms. The van der Waals surface area contributed by atoms with Crippen LogP contribution in [0.25, 0.3) is 0 Å². The zero-order chi connectivity index (χ0) is 11.2. The number of aromatic nitrogens is 2. The van der Waals surface area contributed by atoms with Crippen LogP contribution in [0.2, 0.25) is 0 Å². The van der Waals surface area contributed by atoms with Crippen LogP contribution in [0.4, 0.5) is 0 Å². The number of carboxylic acid groups (broad SMARTS) is 1. The number of carbonyl (C=O) groups is 1. The molecule has 0 aliphatic heterocycles. The molecule has 1 heterocycles. The van der Waals surface area contributed by atoms with Gasteiger partial charge in [-0.05, 0) is 39.4 Å². The maximum atomic E-state index is 9.97. The summed E-state index contributed by atoms with van der Waals surface area (Å²) in [5.74, 6) is -1.03. The summed E-state index contributed by atoms with van der Waals surface area (Å²) < 4.78 is 3.35. The first kappa shape index (κ1) is 13.0. The van der Waals surface area contributed by atoms with Crippen LogP contribution in [-0.2, 0) is 0 Å². The van der Waals surface area contributed by atoms with Crippen LogP contribution >= 0.6 is 11.5 Å². The standard InChI is InChI=1S/C5H13N.C3H2N2O2S/c1-5(2,3)6-4;6-3(7)2-1-8-5-4-2/h6H,1-4H3;1H,(H,6,7). The van der Waals surface area contributed by atoms with Gasteiger partial charge in [0.15, 0.2) is 5.69 Å². The fourth-order valence-electron chi connectivity index (χ4n) is 0.258. The minimum absolute atomic E-state index is 0.00926. The van der Waals surface area contributed by atoms with Gasteiger partial charge >= 0.3 is 5.97 Å². The van der Waals surface area contributed by atoms with Gasteiger partial charge in [-0.25, -0.2) is 4.79 Å². The van der Waals surface area contributed by atoms with E-state index < -0.39 is 5.97 Å². The Morgan fingerprint density at radius 3 is 2.21 bits per heavy atom. The maximum absolute atomic E-state index is 9.97. The molecule has 2 N–H and O–H groups in total. The predicted octanol–water partition coefficient (Wildman–Crippen LogP) is 1.24. The van der Waals surface area contributed by atoms with Crippen LogP contribution in [0.15, 0.2) is 5.38 Å². The third-order valence-electron chi connectivity index (χ3n) is 1.33. The number of aromatic carboxylic acids is 1. The molecule has 14 heavy (non-hydrogen) atoms. The van der Waals surface area contributed by atoms with E-state index >= 15 is 0 Å². The largest absolute Gasteiger partial charge is 0.476 e. The van der Waals surface area contributed by atoms with Crippen LogP contribution in [0.5, 0.6) is 0 Å². The van der Waals surface area contributed by atoms with Crippen molar-refractivity contribution in [3.63, 3.8) is 0 Å². The summed E-state index contributed by atoms with van der Waals surface area (Å²) in [6.45, 7) is 6.40. The number of nitrogens with one attached hydrogen (secondary N) is 1. The monoisotopic (exact) mass is 217 g/mol. The molecule has 0 unspecified atom stereocenters. The third kappa shape index (κ3) is 6.50. The fraction of sp³-hybridized carbons (Fsp3) is 0.625. The van der Waals surface area contributed by atoms with Gasteiger partial charge in [-0.2, -0.15) is 0 Å². The molecule has 1 aromatic heterocycles. The van der Waals surface area contributed by atoms with Gasteiger partial charge in [0.2, 0.25) is 0 Å².